The Morgan fingerprint density at radius 1 is 1.35 bits per heavy atom. The molecule has 0 saturated heterocycles. The van der Waals surface area contributed by atoms with E-state index >= 15 is 0 Å². The highest BCUT2D eigenvalue weighted by atomic mass is 79.9. The molecule has 17 heavy (non-hydrogen) atoms. The number of sulfone groups is 1. The molecule has 1 aromatic rings. The molecule has 0 amide bonds. The van der Waals surface area contributed by atoms with Gasteiger partial charge in [0.25, 0.3) is 3.12 Å². The van der Waals surface area contributed by atoms with Crippen LogP contribution in [0.1, 0.15) is 10.4 Å². The maximum atomic E-state index is 11.9. The molecule has 0 aliphatic carbocycles. The van der Waals surface area contributed by atoms with Crippen LogP contribution in [-0.4, -0.2) is 30.7 Å². The molecule has 0 spiro atoms. The molecule has 7 heteroatoms. The highest BCUT2D eigenvalue weighted by Crippen LogP contribution is 2.34. The summed E-state index contributed by atoms with van der Waals surface area (Å²) in [5.41, 5.74) is 0.183. The zero-order valence-corrected chi connectivity index (χ0v) is 12.3. The summed E-state index contributed by atoms with van der Waals surface area (Å²) >= 11 is 8.46. The van der Waals surface area contributed by atoms with Gasteiger partial charge in [-0.05, 0) is 40.2 Å². The van der Waals surface area contributed by atoms with E-state index < -0.39 is 18.7 Å². The number of halogens is 2. The van der Waals surface area contributed by atoms with Crippen LogP contribution in [-0.2, 0) is 9.84 Å². The number of rotatable bonds is 4. The van der Waals surface area contributed by atoms with Crippen molar-refractivity contribution in [3.05, 3.63) is 29.8 Å². The minimum absolute atomic E-state index is 0.183. The van der Waals surface area contributed by atoms with Gasteiger partial charge in [0.2, 0.25) is 5.78 Å². The first-order chi connectivity index (χ1) is 7.70. The average Bonchev–Trinajstić information content (AvgIpc) is 2.26. The van der Waals surface area contributed by atoms with Gasteiger partial charge in [-0.25, -0.2) is 8.42 Å². The fourth-order valence-electron chi connectivity index (χ4n) is 1.08. The number of hydrogen-bond donors (Lipinski definition) is 0. The summed E-state index contributed by atoms with van der Waals surface area (Å²) in [5.74, 6) is -0.167. The van der Waals surface area contributed by atoms with E-state index in [4.69, 9.17) is 16.3 Å². The quantitative estimate of drug-likeness (QED) is 0.622. The maximum Gasteiger partial charge on any atom is 0.261 e. The summed E-state index contributed by atoms with van der Waals surface area (Å²) in [6, 6.07) is 6.00. The fourth-order valence-corrected chi connectivity index (χ4v) is 1.87. The zero-order chi connectivity index (χ0) is 13.3. The Hall–Kier alpha value is -0.590. The molecule has 0 bridgehead atoms. The van der Waals surface area contributed by atoms with Gasteiger partial charge in [-0.1, -0.05) is 11.6 Å². The molecule has 1 rings (SSSR count). The number of ketones is 1. The largest absolute Gasteiger partial charge is 0.497 e. The summed E-state index contributed by atoms with van der Waals surface area (Å²) in [7, 11) is -2.27. The molecule has 4 nitrogen and oxygen atoms in total. The van der Waals surface area contributed by atoms with E-state index in [-0.39, 0.29) is 5.56 Å². The molecule has 1 aromatic carbocycles. The van der Waals surface area contributed by atoms with E-state index in [0.29, 0.717) is 5.75 Å². The lowest BCUT2D eigenvalue weighted by atomic mass is 10.1. The summed E-state index contributed by atoms with van der Waals surface area (Å²) in [6.45, 7) is 0. The summed E-state index contributed by atoms with van der Waals surface area (Å²) in [6.07, 6.45) is 0.885. The third-order valence-electron chi connectivity index (χ3n) is 2.08. The second-order valence-corrected chi connectivity index (χ2v) is 8.47. The summed E-state index contributed by atoms with van der Waals surface area (Å²) in [4.78, 5) is 11.9. The van der Waals surface area contributed by atoms with Crippen LogP contribution < -0.4 is 4.74 Å². The van der Waals surface area contributed by atoms with Crippen LogP contribution in [0.3, 0.4) is 0 Å². The van der Waals surface area contributed by atoms with Crippen molar-refractivity contribution < 1.29 is 17.9 Å². The summed E-state index contributed by atoms with van der Waals surface area (Å²) < 4.78 is 25.5. The van der Waals surface area contributed by atoms with Crippen molar-refractivity contribution in [3.63, 3.8) is 0 Å². The smallest absolute Gasteiger partial charge is 0.261 e. The van der Waals surface area contributed by atoms with Crippen LogP contribution in [0.4, 0.5) is 0 Å². The lowest BCUT2D eigenvalue weighted by molar-refractivity contribution is 0.1000. The first-order valence-corrected chi connectivity index (χ1v) is 7.52. The van der Waals surface area contributed by atoms with Gasteiger partial charge >= 0.3 is 0 Å². The number of benzene rings is 1. The number of carbonyl (C=O) groups is 1. The predicted molar refractivity (Wildman–Crippen MR) is 69.7 cm³/mol. The number of carbonyl (C=O) groups excluding carboxylic acids is 1. The van der Waals surface area contributed by atoms with Gasteiger partial charge in [-0.3, -0.25) is 4.79 Å². The minimum Gasteiger partial charge on any atom is -0.497 e. The standard InChI is InChI=1S/C10H10BrClO4S/c1-16-8-5-3-7(4-6-8)9(13)10(11,12)17(2,14)15/h3-6H,1-2H3/t10-/m1/s1. The molecule has 0 heterocycles. The van der Waals surface area contributed by atoms with Gasteiger partial charge in [0, 0.05) is 11.8 Å². The third-order valence-corrected chi connectivity index (χ3v) is 6.34. The topological polar surface area (TPSA) is 60.4 Å². The molecular weight excluding hydrogens is 332 g/mol. The normalized spacial score (nSPS) is 15.1. The summed E-state index contributed by atoms with van der Waals surface area (Å²) in [5, 5.41) is 0. The van der Waals surface area contributed by atoms with E-state index in [1.807, 2.05) is 0 Å². The van der Waals surface area contributed by atoms with Gasteiger partial charge in [-0.2, -0.15) is 0 Å². The van der Waals surface area contributed by atoms with Gasteiger partial charge in [-0.15, -0.1) is 0 Å². The van der Waals surface area contributed by atoms with E-state index in [1.54, 1.807) is 12.1 Å². The number of hydrogen-bond acceptors (Lipinski definition) is 4. The third kappa shape index (κ3) is 3.00. The van der Waals surface area contributed by atoms with Crippen molar-refractivity contribution in [2.45, 2.75) is 3.12 Å². The second-order valence-electron chi connectivity index (χ2n) is 3.35. The second kappa shape index (κ2) is 4.96. The number of ether oxygens (including phenoxy) is 1. The van der Waals surface area contributed by atoms with Crippen molar-refractivity contribution >= 4 is 43.2 Å². The average molecular weight is 342 g/mol. The molecule has 0 fully saturated rings. The molecule has 0 saturated carbocycles. The first kappa shape index (κ1) is 14.5. The monoisotopic (exact) mass is 340 g/mol. The number of alkyl halides is 2. The van der Waals surface area contributed by atoms with Crippen molar-refractivity contribution in [3.8, 4) is 5.75 Å². The van der Waals surface area contributed by atoms with Crippen LogP contribution in [0.5, 0.6) is 5.75 Å². The van der Waals surface area contributed by atoms with Crippen LogP contribution in [0.15, 0.2) is 24.3 Å². The maximum absolute atomic E-state index is 11.9. The molecular formula is C10H10BrClO4S. The van der Waals surface area contributed by atoms with Crippen molar-refractivity contribution in [1.82, 2.24) is 0 Å². The van der Waals surface area contributed by atoms with Gasteiger partial charge < -0.3 is 4.74 Å². The fraction of sp³-hybridized carbons (Fsp3) is 0.300. The Kier molecular flexibility index (Phi) is 4.22. The van der Waals surface area contributed by atoms with E-state index in [1.165, 1.54) is 19.2 Å². The van der Waals surface area contributed by atoms with Crippen molar-refractivity contribution in [2.75, 3.05) is 13.4 Å². The Bertz CT molecular complexity index is 522. The van der Waals surface area contributed by atoms with Gasteiger partial charge in [0.15, 0.2) is 9.84 Å². The van der Waals surface area contributed by atoms with E-state index in [9.17, 15) is 13.2 Å². The van der Waals surface area contributed by atoms with E-state index in [2.05, 4.69) is 15.9 Å². The molecule has 0 N–H and O–H groups in total. The van der Waals surface area contributed by atoms with Crippen LogP contribution in [0.25, 0.3) is 0 Å². The van der Waals surface area contributed by atoms with Crippen molar-refractivity contribution in [2.24, 2.45) is 0 Å². The van der Waals surface area contributed by atoms with Gasteiger partial charge in [0.1, 0.15) is 5.75 Å². The molecule has 1 atom stereocenters. The van der Waals surface area contributed by atoms with Crippen LogP contribution in [0.2, 0.25) is 0 Å². The van der Waals surface area contributed by atoms with E-state index in [0.717, 1.165) is 6.26 Å². The molecule has 0 aliphatic rings. The molecule has 0 aliphatic heterocycles. The highest BCUT2D eigenvalue weighted by Gasteiger charge is 2.44. The zero-order valence-electron chi connectivity index (χ0n) is 9.11. The molecule has 0 unspecified atom stereocenters. The predicted octanol–water partition coefficient (Wildman–Crippen LogP) is 2.21. The first-order valence-electron chi connectivity index (χ1n) is 4.46. The number of Topliss-reactive ketones (excluding diaryl/α,β-unsaturated/α-hetero) is 1. The Morgan fingerprint density at radius 2 is 1.82 bits per heavy atom. The lowest BCUT2D eigenvalue weighted by Crippen LogP contribution is -2.34. The minimum atomic E-state index is -3.76. The molecule has 0 radical (unpaired) electrons. The number of methoxy groups -OCH3 is 1. The van der Waals surface area contributed by atoms with Crippen molar-refractivity contribution in [1.29, 1.82) is 0 Å². The highest BCUT2D eigenvalue weighted by molar-refractivity contribution is 9.12. The molecule has 94 valence electrons. The SMILES string of the molecule is COc1ccc(C(=O)[C@](Cl)(Br)S(C)(=O)=O)cc1. The molecule has 0 aromatic heterocycles. The Labute approximate surface area is 113 Å². The van der Waals surface area contributed by atoms with Crippen LogP contribution in [0, 0.1) is 0 Å². The van der Waals surface area contributed by atoms with Crippen LogP contribution >= 0.6 is 27.5 Å². The van der Waals surface area contributed by atoms with Gasteiger partial charge in [0.05, 0.1) is 7.11 Å². The lowest BCUT2D eigenvalue weighted by Gasteiger charge is -2.16. The Balaban J connectivity index is 3.13. The Morgan fingerprint density at radius 3 is 2.18 bits per heavy atom.